The second-order valence-corrected chi connectivity index (χ2v) is 5.07. The summed E-state index contributed by atoms with van der Waals surface area (Å²) in [6, 6.07) is 0.142. The molecule has 0 amide bonds. The molecule has 1 aliphatic rings. The van der Waals surface area contributed by atoms with Crippen molar-refractivity contribution >= 4 is 9.84 Å². The fourth-order valence-corrected chi connectivity index (χ4v) is 2.95. The Morgan fingerprint density at radius 2 is 2.27 bits per heavy atom. The molecule has 0 spiro atoms. The van der Waals surface area contributed by atoms with Crippen LogP contribution in [-0.2, 0) is 9.84 Å². The molecular formula is C6H14N2O2S. The maximum Gasteiger partial charge on any atom is 0.151 e. The monoisotopic (exact) mass is 178 g/mol. The molecule has 1 atom stereocenters. The normalized spacial score (nSPS) is 29.0. The first-order valence-electron chi connectivity index (χ1n) is 3.78. The molecule has 5 heteroatoms. The summed E-state index contributed by atoms with van der Waals surface area (Å²) in [4.78, 5) is 0. The SMILES string of the molecule is NCCN[C@H]1CCS(=O)(=O)C1. The van der Waals surface area contributed by atoms with Gasteiger partial charge in [-0.15, -0.1) is 0 Å². The van der Waals surface area contributed by atoms with Crippen molar-refractivity contribution in [2.24, 2.45) is 5.73 Å². The van der Waals surface area contributed by atoms with E-state index in [0.717, 1.165) is 6.42 Å². The summed E-state index contributed by atoms with van der Waals surface area (Å²) in [6.07, 6.45) is 0.738. The highest BCUT2D eigenvalue weighted by molar-refractivity contribution is 7.91. The van der Waals surface area contributed by atoms with E-state index in [1.807, 2.05) is 0 Å². The second kappa shape index (κ2) is 3.51. The standard InChI is InChI=1S/C6H14N2O2S/c7-2-3-8-6-1-4-11(9,10)5-6/h6,8H,1-5,7H2/t6-/m0/s1. The highest BCUT2D eigenvalue weighted by Crippen LogP contribution is 2.10. The summed E-state index contributed by atoms with van der Waals surface area (Å²) in [5.41, 5.74) is 5.26. The molecular weight excluding hydrogens is 164 g/mol. The van der Waals surface area contributed by atoms with Crippen molar-refractivity contribution in [3.8, 4) is 0 Å². The fourth-order valence-electron chi connectivity index (χ4n) is 1.24. The Morgan fingerprint density at radius 3 is 2.73 bits per heavy atom. The zero-order valence-electron chi connectivity index (χ0n) is 6.41. The molecule has 0 bridgehead atoms. The van der Waals surface area contributed by atoms with E-state index >= 15 is 0 Å². The van der Waals surface area contributed by atoms with E-state index in [2.05, 4.69) is 5.32 Å². The van der Waals surface area contributed by atoms with E-state index in [1.54, 1.807) is 0 Å². The third-order valence-electron chi connectivity index (χ3n) is 1.81. The largest absolute Gasteiger partial charge is 0.329 e. The summed E-state index contributed by atoms with van der Waals surface area (Å²) >= 11 is 0. The van der Waals surface area contributed by atoms with Crippen molar-refractivity contribution in [3.63, 3.8) is 0 Å². The van der Waals surface area contributed by atoms with Crippen molar-refractivity contribution in [1.82, 2.24) is 5.32 Å². The summed E-state index contributed by atoms with van der Waals surface area (Å²) < 4.78 is 21.9. The van der Waals surface area contributed by atoms with Gasteiger partial charge in [-0.1, -0.05) is 0 Å². The van der Waals surface area contributed by atoms with Crippen molar-refractivity contribution in [3.05, 3.63) is 0 Å². The zero-order valence-corrected chi connectivity index (χ0v) is 7.23. The van der Waals surface area contributed by atoms with Gasteiger partial charge in [-0.25, -0.2) is 8.42 Å². The highest BCUT2D eigenvalue weighted by Gasteiger charge is 2.26. The van der Waals surface area contributed by atoms with Gasteiger partial charge < -0.3 is 11.1 Å². The first kappa shape index (κ1) is 8.96. The van der Waals surface area contributed by atoms with Crippen LogP contribution in [0.25, 0.3) is 0 Å². The first-order chi connectivity index (χ1) is 5.14. The average Bonchev–Trinajstić information content (AvgIpc) is 2.26. The van der Waals surface area contributed by atoms with Crippen LogP contribution >= 0.6 is 0 Å². The number of hydrogen-bond donors (Lipinski definition) is 2. The van der Waals surface area contributed by atoms with Crippen LogP contribution in [0, 0.1) is 0 Å². The van der Waals surface area contributed by atoms with Crippen LogP contribution in [0.4, 0.5) is 0 Å². The van der Waals surface area contributed by atoms with Crippen LogP contribution in [0.1, 0.15) is 6.42 Å². The van der Waals surface area contributed by atoms with Crippen molar-refractivity contribution < 1.29 is 8.42 Å². The third kappa shape index (κ3) is 2.76. The highest BCUT2D eigenvalue weighted by atomic mass is 32.2. The Morgan fingerprint density at radius 1 is 1.55 bits per heavy atom. The van der Waals surface area contributed by atoms with Gasteiger partial charge in [0, 0.05) is 19.1 Å². The molecule has 0 unspecified atom stereocenters. The number of rotatable bonds is 3. The number of nitrogens with two attached hydrogens (primary N) is 1. The zero-order chi connectivity index (χ0) is 8.32. The molecule has 1 aliphatic heterocycles. The lowest BCUT2D eigenvalue weighted by Gasteiger charge is -2.07. The van der Waals surface area contributed by atoms with Crippen molar-refractivity contribution in [2.45, 2.75) is 12.5 Å². The molecule has 4 nitrogen and oxygen atoms in total. The molecule has 0 aromatic heterocycles. The Labute approximate surface area is 67.1 Å². The van der Waals surface area contributed by atoms with Crippen LogP contribution in [0.5, 0.6) is 0 Å². The lowest BCUT2D eigenvalue weighted by Crippen LogP contribution is -2.33. The van der Waals surface area contributed by atoms with E-state index < -0.39 is 9.84 Å². The molecule has 1 saturated heterocycles. The smallest absolute Gasteiger partial charge is 0.151 e. The minimum atomic E-state index is -2.73. The van der Waals surface area contributed by atoms with Crippen LogP contribution in [0.3, 0.4) is 0 Å². The quantitative estimate of drug-likeness (QED) is 0.565. The molecule has 1 fully saturated rings. The number of nitrogens with one attached hydrogen (secondary N) is 1. The minimum absolute atomic E-state index is 0.142. The molecule has 0 aliphatic carbocycles. The van der Waals surface area contributed by atoms with Crippen LogP contribution in [-0.4, -0.2) is 39.1 Å². The molecule has 3 N–H and O–H groups in total. The Hall–Kier alpha value is -0.130. The number of hydrogen-bond acceptors (Lipinski definition) is 4. The predicted octanol–water partition coefficient (Wildman–Crippen LogP) is -1.28. The molecule has 0 saturated carbocycles. The maximum atomic E-state index is 10.9. The minimum Gasteiger partial charge on any atom is -0.329 e. The van der Waals surface area contributed by atoms with Gasteiger partial charge >= 0.3 is 0 Å². The van der Waals surface area contributed by atoms with E-state index in [-0.39, 0.29) is 11.8 Å². The lowest BCUT2D eigenvalue weighted by molar-refractivity contribution is 0.561. The second-order valence-electron chi connectivity index (χ2n) is 2.84. The third-order valence-corrected chi connectivity index (χ3v) is 3.58. The van der Waals surface area contributed by atoms with Gasteiger partial charge in [0.05, 0.1) is 11.5 Å². The van der Waals surface area contributed by atoms with Crippen LogP contribution in [0.2, 0.25) is 0 Å². The van der Waals surface area contributed by atoms with Crippen LogP contribution < -0.4 is 11.1 Å². The van der Waals surface area contributed by atoms with Gasteiger partial charge in [0.15, 0.2) is 9.84 Å². The van der Waals surface area contributed by atoms with E-state index in [0.29, 0.717) is 18.8 Å². The van der Waals surface area contributed by atoms with Gasteiger partial charge in [0.2, 0.25) is 0 Å². The van der Waals surface area contributed by atoms with Gasteiger partial charge in [-0.05, 0) is 6.42 Å². The van der Waals surface area contributed by atoms with E-state index in [9.17, 15) is 8.42 Å². The molecule has 1 heterocycles. The Bertz CT molecular complexity index is 213. The maximum absolute atomic E-state index is 10.9. The molecule has 0 radical (unpaired) electrons. The van der Waals surface area contributed by atoms with E-state index in [1.165, 1.54) is 0 Å². The van der Waals surface area contributed by atoms with Gasteiger partial charge in [0.25, 0.3) is 0 Å². The molecule has 11 heavy (non-hydrogen) atoms. The molecule has 66 valence electrons. The Balaban J connectivity index is 2.31. The van der Waals surface area contributed by atoms with Gasteiger partial charge in [-0.3, -0.25) is 0 Å². The molecule has 0 aromatic rings. The van der Waals surface area contributed by atoms with Gasteiger partial charge in [0.1, 0.15) is 0 Å². The number of sulfone groups is 1. The predicted molar refractivity (Wildman–Crippen MR) is 44.1 cm³/mol. The molecule has 1 rings (SSSR count). The first-order valence-corrected chi connectivity index (χ1v) is 5.60. The van der Waals surface area contributed by atoms with Crippen LogP contribution in [0.15, 0.2) is 0 Å². The lowest BCUT2D eigenvalue weighted by atomic mass is 10.3. The summed E-state index contributed by atoms with van der Waals surface area (Å²) in [5, 5.41) is 3.08. The summed E-state index contributed by atoms with van der Waals surface area (Å²) in [7, 11) is -2.73. The molecule has 0 aromatic carbocycles. The average molecular weight is 178 g/mol. The van der Waals surface area contributed by atoms with Gasteiger partial charge in [-0.2, -0.15) is 0 Å². The summed E-state index contributed by atoms with van der Waals surface area (Å²) in [5.74, 6) is 0.613. The van der Waals surface area contributed by atoms with Crippen molar-refractivity contribution in [1.29, 1.82) is 0 Å². The Kier molecular flexibility index (Phi) is 2.86. The van der Waals surface area contributed by atoms with E-state index in [4.69, 9.17) is 5.73 Å². The summed E-state index contributed by atoms with van der Waals surface area (Å²) in [6.45, 7) is 1.27. The van der Waals surface area contributed by atoms with Crippen molar-refractivity contribution in [2.75, 3.05) is 24.6 Å². The fraction of sp³-hybridized carbons (Fsp3) is 1.00. The topological polar surface area (TPSA) is 72.2 Å².